The molecule has 0 saturated carbocycles. The summed E-state index contributed by atoms with van der Waals surface area (Å²) in [4.78, 5) is 49.8. The minimum absolute atomic E-state index is 0.0168. The highest BCUT2D eigenvalue weighted by Crippen LogP contribution is 2.31. The van der Waals surface area contributed by atoms with E-state index in [1.54, 1.807) is 10.6 Å². The molecule has 0 aliphatic heterocycles. The van der Waals surface area contributed by atoms with E-state index in [9.17, 15) is 24.6 Å². The molecule has 3 heterocycles. The van der Waals surface area contributed by atoms with Crippen molar-refractivity contribution in [3.8, 4) is 5.75 Å². The number of carboxylic acid groups (broad SMARTS) is 1. The Kier molecular flexibility index (Phi) is 4.49. The molecule has 4 rings (SSSR count). The molecule has 30 heavy (non-hydrogen) atoms. The lowest BCUT2D eigenvalue weighted by Gasteiger charge is -2.26. The number of aromatic amines is 2. The fourth-order valence-corrected chi connectivity index (χ4v) is 3.38. The molecule has 0 fully saturated rings. The number of carbonyl (C=O) groups excluding carboxylic acids is 1. The third-order valence-corrected chi connectivity index (χ3v) is 5.01. The number of aromatic hydroxyl groups is 1. The molecule has 0 aliphatic carbocycles. The molecule has 1 atom stereocenters. The number of H-pyrrole nitrogens is 2. The van der Waals surface area contributed by atoms with Crippen molar-refractivity contribution in [3.63, 3.8) is 0 Å². The van der Waals surface area contributed by atoms with E-state index in [0.717, 1.165) is 0 Å². The van der Waals surface area contributed by atoms with Gasteiger partial charge in [-0.3, -0.25) is 9.59 Å². The molecule has 0 radical (unpaired) electrons. The number of phenols is 1. The number of carbonyl (C=O) groups is 2. The zero-order chi connectivity index (χ0) is 21.5. The molecule has 0 saturated heterocycles. The normalized spacial score (nSPS) is 13.4. The van der Waals surface area contributed by atoms with Crippen LogP contribution in [0, 0.1) is 0 Å². The van der Waals surface area contributed by atoms with Gasteiger partial charge in [-0.1, -0.05) is 0 Å². The molecule has 0 aliphatic rings. The monoisotopic (exact) mass is 410 g/mol. The molecule has 11 heteroatoms. The quantitative estimate of drug-likeness (QED) is 0.314. The van der Waals surface area contributed by atoms with Gasteiger partial charge < -0.3 is 30.1 Å². The van der Waals surface area contributed by atoms with Crippen molar-refractivity contribution in [1.29, 1.82) is 0 Å². The number of hydrogen-bond acceptors (Lipinski definition) is 6. The van der Waals surface area contributed by atoms with Crippen LogP contribution in [0.4, 0.5) is 0 Å². The van der Waals surface area contributed by atoms with Gasteiger partial charge in [-0.2, -0.15) is 0 Å². The van der Waals surface area contributed by atoms with Crippen molar-refractivity contribution in [3.05, 3.63) is 53.0 Å². The van der Waals surface area contributed by atoms with Gasteiger partial charge in [0.25, 0.3) is 5.56 Å². The summed E-state index contributed by atoms with van der Waals surface area (Å²) in [5.74, 6) is -1.78. The first kappa shape index (κ1) is 19.2. The van der Waals surface area contributed by atoms with E-state index in [4.69, 9.17) is 0 Å². The van der Waals surface area contributed by atoms with Crippen LogP contribution in [0.1, 0.15) is 18.9 Å². The van der Waals surface area contributed by atoms with Gasteiger partial charge in [-0.05, 0) is 25.1 Å². The number of nitrogens with zero attached hydrogens (tertiary/aromatic N) is 3. The van der Waals surface area contributed by atoms with Crippen LogP contribution in [0.15, 0.2) is 41.8 Å². The second-order valence-corrected chi connectivity index (χ2v) is 7.00. The van der Waals surface area contributed by atoms with Crippen LogP contribution in [0.2, 0.25) is 0 Å². The van der Waals surface area contributed by atoms with Crippen molar-refractivity contribution < 1.29 is 19.8 Å². The standard InChI is InChI=1S/C19H18N6O5/c1-19(18(29)30,12-7-20-13-3-2-10(26)6-11(12)13)24-14(27)4-5-25-9-23-15-16(25)21-8-22-17(15)28/h2-3,6-9,20,26H,4-5H2,1H3,(H,24,27)(H,29,30)(H,21,22,28). The Labute approximate surface area is 168 Å². The lowest BCUT2D eigenvalue weighted by atomic mass is 9.91. The van der Waals surface area contributed by atoms with E-state index >= 15 is 0 Å². The smallest absolute Gasteiger partial charge is 0.333 e. The lowest BCUT2D eigenvalue weighted by Crippen LogP contribution is -2.49. The van der Waals surface area contributed by atoms with Crippen LogP contribution in [0.3, 0.4) is 0 Å². The van der Waals surface area contributed by atoms with Gasteiger partial charge in [0.2, 0.25) is 5.91 Å². The average Bonchev–Trinajstić information content (AvgIpc) is 3.31. The maximum atomic E-state index is 12.6. The van der Waals surface area contributed by atoms with E-state index in [1.165, 1.54) is 37.9 Å². The van der Waals surface area contributed by atoms with Gasteiger partial charge in [-0.15, -0.1) is 0 Å². The van der Waals surface area contributed by atoms with Crippen molar-refractivity contribution in [2.45, 2.75) is 25.4 Å². The maximum Gasteiger partial charge on any atom is 0.333 e. The van der Waals surface area contributed by atoms with Gasteiger partial charge in [0.05, 0.1) is 12.7 Å². The van der Waals surface area contributed by atoms with Crippen molar-refractivity contribution in [1.82, 2.24) is 29.8 Å². The van der Waals surface area contributed by atoms with Crippen LogP contribution < -0.4 is 10.9 Å². The molecule has 154 valence electrons. The molecule has 5 N–H and O–H groups in total. The highest BCUT2D eigenvalue weighted by atomic mass is 16.4. The second kappa shape index (κ2) is 7.03. The summed E-state index contributed by atoms with van der Waals surface area (Å²) in [6.07, 6.45) is 4.09. The number of hydrogen-bond donors (Lipinski definition) is 5. The van der Waals surface area contributed by atoms with Gasteiger partial charge in [0.1, 0.15) is 5.75 Å². The average molecular weight is 410 g/mol. The summed E-state index contributed by atoms with van der Waals surface area (Å²) in [5, 5.41) is 22.7. The third-order valence-electron chi connectivity index (χ3n) is 5.01. The van der Waals surface area contributed by atoms with Crippen LogP contribution in [-0.4, -0.2) is 46.6 Å². The Hall–Kier alpha value is -4.15. The Balaban J connectivity index is 1.57. The number of aliphatic carboxylic acids is 1. The molecule has 0 spiro atoms. The van der Waals surface area contributed by atoms with E-state index in [1.807, 2.05) is 0 Å². The number of amides is 1. The summed E-state index contributed by atoms with van der Waals surface area (Å²) in [7, 11) is 0. The molecule has 0 bridgehead atoms. The summed E-state index contributed by atoms with van der Waals surface area (Å²) >= 11 is 0. The van der Waals surface area contributed by atoms with Crippen LogP contribution >= 0.6 is 0 Å². The predicted octanol–water partition coefficient (Wildman–Crippen LogP) is 0.813. The summed E-state index contributed by atoms with van der Waals surface area (Å²) in [5.41, 5.74) is -0.674. The molecule has 1 aromatic carbocycles. The Morgan fingerprint density at radius 1 is 1.27 bits per heavy atom. The topological polar surface area (TPSA) is 166 Å². The van der Waals surface area contributed by atoms with E-state index in [0.29, 0.717) is 22.1 Å². The summed E-state index contributed by atoms with van der Waals surface area (Å²) in [6.45, 7) is 1.54. The number of imidazole rings is 1. The van der Waals surface area contributed by atoms with Gasteiger partial charge >= 0.3 is 5.97 Å². The number of benzene rings is 1. The Morgan fingerprint density at radius 3 is 2.83 bits per heavy atom. The number of nitrogens with one attached hydrogen (secondary N) is 3. The lowest BCUT2D eigenvalue weighted by molar-refractivity contribution is -0.147. The summed E-state index contributed by atoms with van der Waals surface area (Å²) in [6, 6.07) is 4.54. The third kappa shape index (κ3) is 3.15. The van der Waals surface area contributed by atoms with Crippen LogP contribution in [-0.2, 0) is 21.7 Å². The minimum Gasteiger partial charge on any atom is -0.508 e. The van der Waals surface area contributed by atoms with Crippen molar-refractivity contribution >= 4 is 33.9 Å². The summed E-state index contributed by atoms with van der Waals surface area (Å²) < 4.78 is 1.55. The number of rotatable bonds is 6. The number of aryl methyl sites for hydroxylation is 1. The van der Waals surface area contributed by atoms with Crippen molar-refractivity contribution in [2.24, 2.45) is 0 Å². The fourth-order valence-electron chi connectivity index (χ4n) is 3.38. The van der Waals surface area contributed by atoms with Gasteiger partial charge in [0, 0.05) is 35.6 Å². The SMILES string of the molecule is CC(NC(=O)CCn1cnc2c(=O)[nH]cnc21)(C(=O)O)c1c[nH]c2ccc(O)cc12. The van der Waals surface area contributed by atoms with E-state index in [-0.39, 0.29) is 29.8 Å². The van der Waals surface area contributed by atoms with Gasteiger partial charge in [0.15, 0.2) is 16.7 Å². The van der Waals surface area contributed by atoms with Gasteiger partial charge in [-0.25, -0.2) is 14.8 Å². The number of carboxylic acids is 1. The molecule has 3 aromatic heterocycles. The predicted molar refractivity (Wildman–Crippen MR) is 106 cm³/mol. The molecule has 4 aromatic rings. The van der Waals surface area contributed by atoms with Crippen LogP contribution in [0.25, 0.3) is 22.1 Å². The molecule has 1 unspecified atom stereocenters. The zero-order valence-electron chi connectivity index (χ0n) is 15.8. The number of phenolic OH excluding ortho intramolecular Hbond substituents is 1. The minimum atomic E-state index is -1.73. The Morgan fingerprint density at radius 2 is 2.07 bits per heavy atom. The molecular formula is C19H18N6O5. The first-order chi connectivity index (χ1) is 14.3. The van der Waals surface area contributed by atoms with Crippen molar-refractivity contribution in [2.75, 3.05) is 0 Å². The molecular weight excluding hydrogens is 392 g/mol. The number of fused-ring (bicyclic) bond motifs is 2. The largest absolute Gasteiger partial charge is 0.508 e. The Bertz CT molecular complexity index is 1340. The first-order valence-corrected chi connectivity index (χ1v) is 9.03. The van der Waals surface area contributed by atoms with Crippen LogP contribution in [0.5, 0.6) is 5.75 Å². The molecule has 11 nitrogen and oxygen atoms in total. The van der Waals surface area contributed by atoms with E-state index < -0.39 is 17.4 Å². The fraction of sp³-hybridized carbons (Fsp3) is 0.211. The zero-order valence-corrected chi connectivity index (χ0v) is 15.8. The first-order valence-electron chi connectivity index (χ1n) is 9.03. The highest BCUT2D eigenvalue weighted by Gasteiger charge is 2.39. The van der Waals surface area contributed by atoms with E-state index in [2.05, 4.69) is 25.3 Å². The maximum absolute atomic E-state index is 12.6. The molecule has 1 amide bonds. The second-order valence-electron chi connectivity index (χ2n) is 7.00. The number of aromatic nitrogens is 5. The highest BCUT2D eigenvalue weighted by molar-refractivity contribution is 5.95.